The number of methoxy groups -OCH3 is 1. The van der Waals surface area contributed by atoms with Crippen molar-refractivity contribution >= 4 is 41.2 Å². The predicted octanol–water partition coefficient (Wildman–Crippen LogP) is 2.18. The van der Waals surface area contributed by atoms with Crippen LogP contribution in [-0.4, -0.2) is 72.1 Å². The van der Waals surface area contributed by atoms with E-state index < -0.39 is 6.04 Å². The van der Waals surface area contributed by atoms with Crippen LogP contribution in [0.4, 0.5) is 4.79 Å². The smallest absolute Gasteiger partial charge is 0.327 e. The number of piperidine rings is 1. The summed E-state index contributed by atoms with van der Waals surface area (Å²) in [6.45, 7) is 0.643. The highest BCUT2D eigenvalue weighted by atomic mass is 35.5. The number of nitrogens with zero attached hydrogens (tertiary/aromatic N) is 2. The molecular weight excluding hydrogens is 390 g/mol. The van der Waals surface area contributed by atoms with Crippen molar-refractivity contribution in [1.82, 2.24) is 15.1 Å². The standard InChI is InChI=1S/C18H22ClN3O4S/c1-26-15-10-12(27-2)3-4-13(15)16(23)20-11-5-7-21-14(9-11)17(24)22(8-6-19)18(21)25/h3-4,10-11,14H,5-9H2,1-2H3,(H,20,23)/t11-,14+/m1/s1. The summed E-state index contributed by atoms with van der Waals surface area (Å²) in [5, 5.41) is 2.98. The van der Waals surface area contributed by atoms with Gasteiger partial charge in [0, 0.05) is 29.9 Å². The first kappa shape index (κ1) is 19.8. The van der Waals surface area contributed by atoms with Crippen molar-refractivity contribution in [1.29, 1.82) is 0 Å². The lowest BCUT2D eigenvalue weighted by Crippen LogP contribution is -2.49. The van der Waals surface area contributed by atoms with E-state index in [2.05, 4.69) is 5.32 Å². The van der Waals surface area contributed by atoms with E-state index in [-0.39, 0.29) is 36.3 Å². The number of nitrogens with one attached hydrogen (secondary N) is 1. The molecule has 9 heteroatoms. The topological polar surface area (TPSA) is 79.0 Å². The second kappa shape index (κ2) is 8.39. The van der Waals surface area contributed by atoms with Crippen molar-refractivity contribution in [2.75, 3.05) is 32.3 Å². The molecule has 0 radical (unpaired) electrons. The summed E-state index contributed by atoms with van der Waals surface area (Å²) in [4.78, 5) is 41.3. The quantitative estimate of drug-likeness (QED) is 0.441. The highest BCUT2D eigenvalue weighted by Gasteiger charge is 2.47. The molecule has 0 spiro atoms. The van der Waals surface area contributed by atoms with Gasteiger partial charge in [0.05, 0.1) is 12.7 Å². The maximum atomic E-state index is 12.7. The summed E-state index contributed by atoms with van der Waals surface area (Å²) in [5.74, 6) is 0.246. The first-order chi connectivity index (χ1) is 13.0. The van der Waals surface area contributed by atoms with Crippen molar-refractivity contribution in [2.45, 2.75) is 29.8 Å². The second-order valence-corrected chi connectivity index (χ2v) is 7.69. The van der Waals surface area contributed by atoms with E-state index in [1.54, 1.807) is 22.7 Å². The average Bonchev–Trinajstić information content (AvgIpc) is 2.92. The summed E-state index contributed by atoms with van der Waals surface area (Å²) in [5.41, 5.74) is 0.454. The van der Waals surface area contributed by atoms with Gasteiger partial charge in [-0.15, -0.1) is 23.4 Å². The number of carbonyl (C=O) groups excluding carboxylic acids is 3. The summed E-state index contributed by atoms with van der Waals surface area (Å²) in [7, 11) is 1.53. The van der Waals surface area contributed by atoms with Gasteiger partial charge in [-0.2, -0.15) is 0 Å². The molecule has 2 heterocycles. The van der Waals surface area contributed by atoms with Crippen molar-refractivity contribution < 1.29 is 19.1 Å². The van der Waals surface area contributed by atoms with Crippen LogP contribution in [-0.2, 0) is 4.79 Å². The van der Waals surface area contributed by atoms with E-state index in [1.807, 2.05) is 18.4 Å². The Morgan fingerprint density at radius 1 is 1.41 bits per heavy atom. The largest absolute Gasteiger partial charge is 0.496 e. The number of thioether (sulfide) groups is 1. The van der Waals surface area contributed by atoms with Crippen LogP contribution in [0.2, 0.25) is 0 Å². The van der Waals surface area contributed by atoms with Crippen LogP contribution in [0, 0.1) is 0 Å². The Labute approximate surface area is 167 Å². The molecule has 0 unspecified atom stereocenters. The molecule has 2 saturated heterocycles. The molecule has 2 aliphatic heterocycles. The summed E-state index contributed by atoms with van der Waals surface area (Å²) in [6.07, 6.45) is 2.96. The van der Waals surface area contributed by atoms with Crippen LogP contribution in [0.3, 0.4) is 0 Å². The van der Waals surface area contributed by atoms with Crippen LogP contribution in [0.5, 0.6) is 5.75 Å². The summed E-state index contributed by atoms with van der Waals surface area (Å²) in [6, 6.07) is 4.43. The van der Waals surface area contributed by atoms with Crippen LogP contribution in [0.1, 0.15) is 23.2 Å². The third kappa shape index (κ3) is 3.87. The lowest BCUT2D eigenvalue weighted by Gasteiger charge is -2.32. The number of urea groups is 1. The van der Waals surface area contributed by atoms with Crippen molar-refractivity contribution in [3.8, 4) is 5.75 Å². The number of hydrogen-bond donors (Lipinski definition) is 1. The zero-order valence-corrected chi connectivity index (χ0v) is 16.8. The monoisotopic (exact) mass is 411 g/mol. The van der Waals surface area contributed by atoms with Gasteiger partial charge in [0.25, 0.3) is 11.8 Å². The van der Waals surface area contributed by atoms with E-state index in [1.165, 1.54) is 12.0 Å². The molecule has 2 fully saturated rings. The van der Waals surface area contributed by atoms with Gasteiger partial charge in [-0.3, -0.25) is 14.5 Å². The Hall–Kier alpha value is -1.93. The molecule has 0 saturated carbocycles. The fourth-order valence-corrected chi connectivity index (χ4v) is 4.13. The van der Waals surface area contributed by atoms with E-state index in [0.717, 1.165) is 4.90 Å². The molecule has 4 amide bonds. The van der Waals surface area contributed by atoms with E-state index in [0.29, 0.717) is 30.7 Å². The predicted molar refractivity (Wildman–Crippen MR) is 104 cm³/mol. The molecule has 146 valence electrons. The lowest BCUT2D eigenvalue weighted by molar-refractivity contribution is -0.128. The number of fused-ring (bicyclic) bond motifs is 1. The Morgan fingerprint density at radius 3 is 2.85 bits per heavy atom. The minimum atomic E-state index is -0.527. The van der Waals surface area contributed by atoms with Gasteiger partial charge in [-0.25, -0.2) is 4.79 Å². The number of hydrogen-bond acceptors (Lipinski definition) is 5. The van der Waals surface area contributed by atoms with Crippen LogP contribution >= 0.6 is 23.4 Å². The maximum Gasteiger partial charge on any atom is 0.327 e. The van der Waals surface area contributed by atoms with E-state index >= 15 is 0 Å². The van der Waals surface area contributed by atoms with Crippen molar-refractivity contribution in [3.63, 3.8) is 0 Å². The third-order valence-electron chi connectivity index (χ3n) is 4.93. The van der Waals surface area contributed by atoms with Crippen molar-refractivity contribution in [3.05, 3.63) is 23.8 Å². The minimum Gasteiger partial charge on any atom is -0.496 e. The zero-order valence-electron chi connectivity index (χ0n) is 15.2. The van der Waals surface area contributed by atoms with E-state index in [4.69, 9.17) is 16.3 Å². The Balaban J connectivity index is 1.69. The molecule has 2 aliphatic rings. The van der Waals surface area contributed by atoms with Gasteiger partial charge in [0.1, 0.15) is 11.8 Å². The summed E-state index contributed by atoms with van der Waals surface area (Å²) < 4.78 is 5.34. The van der Waals surface area contributed by atoms with Gasteiger partial charge >= 0.3 is 6.03 Å². The molecule has 27 heavy (non-hydrogen) atoms. The number of benzene rings is 1. The molecule has 0 bridgehead atoms. The Kier molecular flexibility index (Phi) is 6.16. The van der Waals surface area contributed by atoms with Gasteiger partial charge in [0.15, 0.2) is 0 Å². The normalized spacial score (nSPS) is 22.0. The molecule has 1 aromatic rings. The SMILES string of the molecule is COc1cc(SC)ccc1C(=O)N[C@@H]1CCN2C(=O)N(CCCl)C(=O)[C@@H]2C1. The van der Waals surface area contributed by atoms with Crippen LogP contribution < -0.4 is 10.1 Å². The first-order valence-electron chi connectivity index (χ1n) is 8.71. The highest BCUT2D eigenvalue weighted by Crippen LogP contribution is 2.28. The zero-order chi connectivity index (χ0) is 19.6. The molecule has 1 aromatic carbocycles. The second-order valence-electron chi connectivity index (χ2n) is 6.43. The molecule has 0 aliphatic carbocycles. The average molecular weight is 412 g/mol. The van der Waals surface area contributed by atoms with Crippen LogP contribution in [0.15, 0.2) is 23.1 Å². The first-order valence-corrected chi connectivity index (χ1v) is 10.5. The number of amides is 4. The van der Waals surface area contributed by atoms with Gasteiger partial charge < -0.3 is 15.0 Å². The molecule has 1 N–H and O–H groups in total. The maximum absolute atomic E-state index is 12.7. The number of halogens is 1. The fourth-order valence-electron chi connectivity index (χ4n) is 3.53. The van der Waals surface area contributed by atoms with E-state index in [9.17, 15) is 14.4 Å². The number of alkyl halides is 1. The lowest BCUT2D eigenvalue weighted by atomic mass is 9.97. The minimum absolute atomic E-state index is 0.184. The fraction of sp³-hybridized carbons (Fsp3) is 0.500. The third-order valence-corrected chi connectivity index (χ3v) is 5.82. The van der Waals surface area contributed by atoms with Gasteiger partial charge in [-0.1, -0.05) is 0 Å². The van der Waals surface area contributed by atoms with Crippen molar-refractivity contribution in [2.24, 2.45) is 0 Å². The van der Waals surface area contributed by atoms with Gasteiger partial charge in [-0.05, 0) is 37.3 Å². The summed E-state index contributed by atoms with van der Waals surface area (Å²) >= 11 is 7.26. The molecule has 2 atom stereocenters. The van der Waals surface area contributed by atoms with Gasteiger partial charge in [0.2, 0.25) is 0 Å². The number of rotatable bonds is 6. The Bertz CT molecular complexity index is 760. The number of imide groups is 1. The Morgan fingerprint density at radius 2 is 2.19 bits per heavy atom. The molecule has 0 aromatic heterocycles. The number of carbonyl (C=O) groups is 3. The highest BCUT2D eigenvalue weighted by molar-refractivity contribution is 7.98. The molecule has 7 nitrogen and oxygen atoms in total. The molecular formula is C18H22ClN3O4S. The number of ether oxygens (including phenoxy) is 1. The van der Waals surface area contributed by atoms with Crippen LogP contribution in [0.25, 0.3) is 0 Å². The molecule has 3 rings (SSSR count).